The zero-order chi connectivity index (χ0) is 12.3. The fourth-order valence-electron chi connectivity index (χ4n) is 1.58. The first-order chi connectivity index (χ1) is 8.16. The largest absolute Gasteiger partial charge is 0.468 e. The molecule has 0 amide bonds. The van der Waals surface area contributed by atoms with Crippen LogP contribution in [-0.2, 0) is 6.54 Å². The van der Waals surface area contributed by atoms with Gasteiger partial charge in [-0.3, -0.25) is 0 Å². The van der Waals surface area contributed by atoms with E-state index in [0.717, 1.165) is 11.3 Å². The van der Waals surface area contributed by atoms with Crippen molar-refractivity contribution in [2.45, 2.75) is 19.5 Å². The molecule has 2 nitrogen and oxygen atoms in total. The molecule has 0 saturated carbocycles. The topological polar surface area (TPSA) is 25.2 Å². The molecule has 1 N–H and O–H groups in total. The smallest absolute Gasteiger partial charge is 0.120 e. The van der Waals surface area contributed by atoms with Gasteiger partial charge in [0.25, 0.3) is 0 Å². The molecule has 1 aromatic heterocycles. The predicted octanol–water partition coefficient (Wildman–Crippen LogP) is 4.44. The summed E-state index contributed by atoms with van der Waals surface area (Å²) in [5.41, 5.74) is 0.984. The standard InChI is InChI=1S/C13H13Cl2NO/c1-9(13-3-2-6-17-13)16-8-10-7-11(14)4-5-12(10)15/h2-7,9,16H,8H2,1H3/t9-/m0/s1. The normalized spacial score (nSPS) is 12.6. The summed E-state index contributed by atoms with van der Waals surface area (Å²) in [7, 11) is 0. The summed E-state index contributed by atoms with van der Waals surface area (Å²) < 4.78 is 5.32. The number of hydrogen-bond donors (Lipinski definition) is 1. The van der Waals surface area contributed by atoms with Crippen LogP contribution in [0.2, 0.25) is 10.0 Å². The van der Waals surface area contributed by atoms with E-state index in [-0.39, 0.29) is 6.04 Å². The zero-order valence-electron chi connectivity index (χ0n) is 9.41. The fraction of sp³-hybridized carbons (Fsp3) is 0.231. The van der Waals surface area contributed by atoms with Gasteiger partial charge in [-0.15, -0.1) is 0 Å². The zero-order valence-corrected chi connectivity index (χ0v) is 10.9. The Morgan fingerprint density at radius 3 is 2.82 bits per heavy atom. The Hall–Kier alpha value is -0.960. The Kier molecular flexibility index (Phi) is 4.11. The molecule has 90 valence electrons. The van der Waals surface area contributed by atoms with E-state index in [1.165, 1.54) is 0 Å². The highest BCUT2D eigenvalue weighted by atomic mass is 35.5. The Morgan fingerprint density at radius 2 is 2.12 bits per heavy atom. The molecule has 0 unspecified atom stereocenters. The van der Waals surface area contributed by atoms with Crippen LogP contribution < -0.4 is 5.32 Å². The lowest BCUT2D eigenvalue weighted by molar-refractivity contribution is 0.430. The van der Waals surface area contributed by atoms with E-state index in [9.17, 15) is 0 Å². The summed E-state index contributed by atoms with van der Waals surface area (Å²) in [5.74, 6) is 0.906. The molecule has 0 aliphatic carbocycles. The second kappa shape index (κ2) is 5.58. The minimum atomic E-state index is 0.139. The summed E-state index contributed by atoms with van der Waals surface area (Å²) in [5, 5.41) is 4.74. The number of hydrogen-bond acceptors (Lipinski definition) is 2. The lowest BCUT2D eigenvalue weighted by atomic mass is 10.2. The number of rotatable bonds is 4. The van der Waals surface area contributed by atoms with E-state index in [0.29, 0.717) is 16.6 Å². The number of benzene rings is 1. The second-order valence-corrected chi connectivity index (χ2v) is 4.70. The van der Waals surface area contributed by atoms with Crippen LogP contribution in [0.4, 0.5) is 0 Å². The lowest BCUT2D eigenvalue weighted by Crippen LogP contribution is -2.17. The van der Waals surface area contributed by atoms with Gasteiger partial charge in [0.2, 0.25) is 0 Å². The predicted molar refractivity (Wildman–Crippen MR) is 70.4 cm³/mol. The van der Waals surface area contributed by atoms with Crippen LogP contribution in [0.25, 0.3) is 0 Å². The molecule has 0 aliphatic heterocycles. The molecule has 1 heterocycles. The Morgan fingerprint density at radius 1 is 1.29 bits per heavy atom. The second-order valence-electron chi connectivity index (χ2n) is 3.85. The van der Waals surface area contributed by atoms with Gasteiger partial charge in [0, 0.05) is 16.6 Å². The van der Waals surface area contributed by atoms with Gasteiger partial charge in [0.05, 0.1) is 12.3 Å². The molecule has 4 heteroatoms. The maximum absolute atomic E-state index is 6.08. The lowest BCUT2D eigenvalue weighted by Gasteiger charge is -2.12. The van der Waals surface area contributed by atoms with Gasteiger partial charge >= 0.3 is 0 Å². The van der Waals surface area contributed by atoms with E-state index in [1.807, 2.05) is 25.1 Å². The van der Waals surface area contributed by atoms with Crippen molar-refractivity contribution in [1.82, 2.24) is 5.32 Å². The molecule has 0 saturated heterocycles. The summed E-state index contributed by atoms with van der Waals surface area (Å²) in [6.45, 7) is 2.69. The minimum Gasteiger partial charge on any atom is -0.468 e. The molecule has 1 aromatic carbocycles. The van der Waals surface area contributed by atoms with E-state index < -0.39 is 0 Å². The number of furan rings is 1. The first-order valence-electron chi connectivity index (χ1n) is 5.37. The van der Waals surface area contributed by atoms with Crippen LogP contribution in [0.5, 0.6) is 0 Å². The Bertz CT molecular complexity index is 482. The molecule has 0 spiro atoms. The average Bonchev–Trinajstić information content (AvgIpc) is 2.83. The molecule has 2 rings (SSSR count). The van der Waals surface area contributed by atoms with Crippen molar-refractivity contribution in [2.24, 2.45) is 0 Å². The summed E-state index contributed by atoms with van der Waals surface area (Å²) in [6.07, 6.45) is 1.67. The number of nitrogens with one attached hydrogen (secondary N) is 1. The van der Waals surface area contributed by atoms with E-state index in [2.05, 4.69) is 5.32 Å². The van der Waals surface area contributed by atoms with Crippen molar-refractivity contribution >= 4 is 23.2 Å². The molecule has 1 atom stereocenters. The highest BCUT2D eigenvalue weighted by Crippen LogP contribution is 2.21. The van der Waals surface area contributed by atoms with Crippen LogP contribution in [0.1, 0.15) is 24.3 Å². The van der Waals surface area contributed by atoms with E-state index >= 15 is 0 Å². The van der Waals surface area contributed by atoms with Crippen molar-refractivity contribution in [3.63, 3.8) is 0 Å². The molecule has 2 aromatic rings. The van der Waals surface area contributed by atoms with Crippen LogP contribution >= 0.6 is 23.2 Å². The summed E-state index contributed by atoms with van der Waals surface area (Å²) in [4.78, 5) is 0. The molecule has 17 heavy (non-hydrogen) atoms. The van der Waals surface area contributed by atoms with Gasteiger partial charge in [-0.05, 0) is 42.8 Å². The van der Waals surface area contributed by atoms with Crippen molar-refractivity contribution in [3.05, 3.63) is 58.0 Å². The molecule has 0 radical (unpaired) electrons. The monoisotopic (exact) mass is 269 g/mol. The maximum atomic E-state index is 6.08. The Balaban J connectivity index is 2.00. The highest BCUT2D eigenvalue weighted by molar-refractivity contribution is 6.33. The fourth-order valence-corrected chi connectivity index (χ4v) is 1.96. The van der Waals surface area contributed by atoms with Crippen molar-refractivity contribution in [1.29, 1.82) is 0 Å². The van der Waals surface area contributed by atoms with Crippen LogP contribution in [0.15, 0.2) is 41.0 Å². The van der Waals surface area contributed by atoms with Gasteiger partial charge in [-0.1, -0.05) is 23.2 Å². The molecule has 0 aliphatic rings. The van der Waals surface area contributed by atoms with Crippen LogP contribution in [0, 0.1) is 0 Å². The third-order valence-corrected chi connectivity index (χ3v) is 3.18. The van der Waals surface area contributed by atoms with Crippen LogP contribution in [0.3, 0.4) is 0 Å². The molecule has 0 bridgehead atoms. The van der Waals surface area contributed by atoms with Crippen LogP contribution in [-0.4, -0.2) is 0 Å². The van der Waals surface area contributed by atoms with Gasteiger partial charge < -0.3 is 9.73 Å². The first kappa shape index (κ1) is 12.5. The molecule has 0 fully saturated rings. The molecular weight excluding hydrogens is 257 g/mol. The molecular formula is C13H13Cl2NO. The SMILES string of the molecule is C[C@H](NCc1cc(Cl)ccc1Cl)c1ccco1. The maximum Gasteiger partial charge on any atom is 0.120 e. The van der Waals surface area contributed by atoms with Crippen molar-refractivity contribution in [3.8, 4) is 0 Å². The summed E-state index contributed by atoms with van der Waals surface area (Å²) in [6, 6.07) is 9.41. The van der Waals surface area contributed by atoms with Crippen molar-refractivity contribution in [2.75, 3.05) is 0 Å². The van der Waals surface area contributed by atoms with Gasteiger partial charge in [-0.25, -0.2) is 0 Å². The summed E-state index contributed by atoms with van der Waals surface area (Å²) >= 11 is 12.0. The minimum absolute atomic E-state index is 0.139. The van der Waals surface area contributed by atoms with Gasteiger partial charge in [0.15, 0.2) is 0 Å². The number of halogens is 2. The third-order valence-electron chi connectivity index (χ3n) is 2.58. The van der Waals surface area contributed by atoms with Gasteiger partial charge in [0.1, 0.15) is 5.76 Å². The highest BCUT2D eigenvalue weighted by Gasteiger charge is 2.08. The third kappa shape index (κ3) is 3.25. The van der Waals surface area contributed by atoms with E-state index in [1.54, 1.807) is 18.4 Å². The average molecular weight is 270 g/mol. The Labute approximate surface area is 111 Å². The quantitative estimate of drug-likeness (QED) is 0.888. The van der Waals surface area contributed by atoms with Gasteiger partial charge in [-0.2, -0.15) is 0 Å². The first-order valence-corrected chi connectivity index (χ1v) is 6.13. The van der Waals surface area contributed by atoms with E-state index in [4.69, 9.17) is 27.6 Å². The van der Waals surface area contributed by atoms with Crippen molar-refractivity contribution < 1.29 is 4.42 Å².